The van der Waals surface area contributed by atoms with Crippen LogP contribution in [0.5, 0.6) is 11.5 Å². The number of ether oxygens (including phenoxy) is 2. The first kappa shape index (κ1) is 25.9. The second-order valence-corrected chi connectivity index (χ2v) is 12.4. The van der Waals surface area contributed by atoms with Crippen molar-refractivity contribution in [3.8, 4) is 22.6 Å². The lowest BCUT2D eigenvalue weighted by Crippen LogP contribution is -2.26. The Balaban J connectivity index is 1.31. The first-order valence-electron chi connectivity index (χ1n) is 14.2. The van der Waals surface area contributed by atoms with Crippen LogP contribution in [0, 0.1) is 17.2 Å². The fourth-order valence-corrected chi connectivity index (χ4v) is 7.33. The summed E-state index contributed by atoms with van der Waals surface area (Å²) >= 11 is 0. The number of rotatable bonds is 7. The molecular formula is C34H37FO4. The topological polar surface area (TPSA) is 55.8 Å². The maximum absolute atomic E-state index is 15.1. The van der Waals surface area contributed by atoms with Gasteiger partial charge < -0.3 is 14.6 Å². The van der Waals surface area contributed by atoms with Crippen molar-refractivity contribution >= 4 is 5.97 Å². The number of benzene rings is 3. The predicted molar refractivity (Wildman–Crippen MR) is 150 cm³/mol. The molecule has 0 saturated heterocycles. The average molecular weight is 529 g/mol. The molecule has 3 unspecified atom stereocenters. The first-order valence-corrected chi connectivity index (χ1v) is 14.2. The Labute approximate surface area is 230 Å². The van der Waals surface area contributed by atoms with Gasteiger partial charge >= 0.3 is 5.97 Å². The van der Waals surface area contributed by atoms with Crippen molar-refractivity contribution in [3.05, 3.63) is 82.7 Å². The number of carbonyl (C=O) groups is 1. The lowest BCUT2D eigenvalue weighted by molar-refractivity contribution is -0.139. The van der Waals surface area contributed by atoms with Crippen LogP contribution in [0.1, 0.15) is 80.5 Å². The monoisotopic (exact) mass is 528 g/mol. The van der Waals surface area contributed by atoms with Gasteiger partial charge in [-0.3, -0.25) is 4.79 Å². The molecule has 3 aliphatic carbocycles. The minimum Gasteiger partial charge on any atom is -0.497 e. The van der Waals surface area contributed by atoms with Crippen LogP contribution in [-0.4, -0.2) is 18.2 Å². The molecule has 5 heteroatoms. The lowest BCUT2D eigenvalue weighted by atomic mass is 9.65. The molecule has 0 heterocycles. The molecule has 3 aromatic rings. The molecule has 3 aromatic carbocycles. The minimum atomic E-state index is -0.695. The molecule has 0 aromatic heterocycles. The number of hydrogen-bond acceptors (Lipinski definition) is 3. The fourth-order valence-electron chi connectivity index (χ4n) is 7.33. The summed E-state index contributed by atoms with van der Waals surface area (Å²) in [5.74, 6) is 0.507. The number of carboxylic acid groups (broad SMARTS) is 1. The number of aliphatic carboxylic acids is 1. The third-order valence-corrected chi connectivity index (χ3v) is 9.70. The number of hydrogen-bond donors (Lipinski definition) is 1. The van der Waals surface area contributed by atoms with Crippen LogP contribution in [-0.2, 0) is 23.2 Å². The van der Waals surface area contributed by atoms with Gasteiger partial charge in [-0.25, -0.2) is 4.39 Å². The summed E-state index contributed by atoms with van der Waals surface area (Å²) in [6.45, 7) is 5.05. The van der Waals surface area contributed by atoms with Crippen molar-refractivity contribution in [2.24, 2.45) is 11.3 Å². The molecule has 1 N–H and O–H groups in total. The van der Waals surface area contributed by atoms with Crippen LogP contribution in [0.15, 0.2) is 54.6 Å². The van der Waals surface area contributed by atoms with E-state index in [0.29, 0.717) is 23.8 Å². The normalized spacial score (nSPS) is 24.8. The third kappa shape index (κ3) is 4.60. The molecule has 0 radical (unpaired) electrons. The Morgan fingerprint density at radius 2 is 1.82 bits per heavy atom. The molecule has 0 aliphatic heterocycles. The SMILES string of the molecule is COc1ccc(F)c(-c2ccc(COc3ccc4c(c3)C3(CC4)CC3C(=O)O)cc2C2CCCCC2(C)C)c1. The molecule has 3 atom stereocenters. The number of aryl methyl sites for hydroxylation is 1. The molecule has 2 saturated carbocycles. The van der Waals surface area contributed by atoms with E-state index < -0.39 is 5.97 Å². The number of fused-ring (bicyclic) bond motifs is 2. The first-order chi connectivity index (χ1) is 18.7. The van der Waals surface area contributed by atoms with Gasteiger partial charge in [0.15, 0.2) is 0 Å². The number of methoxy groups -OCH3 is 1. The highest BCUT2D eigenvalue weighted by Crippen LogP contribution is 2.62. The Hall–Kier alpha value is -3.34. The van der Waals surface area contributed by atoms with E-state index in [0.717, 1.165) is 54.5 Å². The summed E-state index contributed by atoms with van der Waals surface area (Å²) < 4.78 is 26.9. The highest BCUT2D eigenvalue weighted by Gasteiger charge is 2.61. The maximum atomic E-state index is 15.1. The third-order valence-electron chi connectivity index (χ3n) is 9.70. The van der Waals surface area contributed by atoms with Gasteiger partial charge in [0.2, 0.25) is 0 Å². The zero-order valence-electron chi connectivity index (χ0n) is 23.1. The van der Waals surface area contributed by atoms with Crippen molar-refractivity contribution < 1.29 is 23.8 Å². The summed E-state index contributed by atoms with van der Waals surface area (Å²) in [5.41, 5.74) is 6.01. The van der Waals surface area contributed by atoms with Gasteiger partial charge in [0.25, 0.3) is 0 Å². The summed E-state index contributed by atoms with van der Waals surface area (Å²) in [6, 6.07) is 17.4. The van der Waals surface area contributed by atoms with Crippen LogP contribution in [0.25, 0.3) is 11.1 Å². The Bertz CT molecular complexity index is 1430. The molecule has 204 valence electrons. The van der Waals surface area contributed by atoms with Crippen LogP contribution in [0.2, 0.25) is 0 Å². The average Bonchev–Trinajstić information content (AvgIpc) is 3.56. The quantitative estimate of drug-likeness (QED) is 0.337. The van der Waals surface area contributed by atoms with Crippen molar-refractivity contribution in [3.63, 3.8) is 0 Å². The Kier molecular flexibility index (Phi) is 6.44. The number of carboxylic acids is 1. The molecule has 39 heavy (non-hydrogen) atoms. The Morgan fingerprint density at radius 3 is 2.56 bits per heavy atom. The van der Waals surface area contributed by atoms with Crippen molar-refractivity contribution in [1.82, 2.24) is 0 Å². The van der Waals surface area contributed by atoms with Gasteiger partial charge in [0.05, 0.1) is 13.0 Å². The van der Waals surface area contributed by atoms with E-state index in [1.54, 1.807) is 19.2 Å². The van der Waals surface area contributed by atoms with Crippen molar-refractivity contribution in [1.29, 1.82) is 0 Å². The summed E-state index contributed by atoms with van der Waals surface area (Å²) in [6.07, 6.45) is 7.18. The zero-order chi connectivity index (χ0) is 27.4. The molecule has 0 amide bonds. The highest BCUT2D eigenvalue weighted by molar-refractivity contribution is 5.78. The fraction of sp³-hybridized carbons (Fsp3) is 0.441. The van der Waals surface area contributed by atoms with Crippen LogP contribution < -0.4 is 9.47 Å². The largest absolute Gasteiger partial charge is 0.497 e. The van der Waals surface area contributed by atoms with Gasteiger partial charge in [0.1, 0.15) is 23.9 Å². The van der Waals surface area contributed by atoms with E-state index in [1.165, 1.54) is 30.0 Å². The molecule has 4 nitrogen and oxygen atoms in total. The summed E-state index contributed by atoms with van der Waals surface area (Å²) in [4.78, 5) is 11.7. The van der Waals surface area contributed by atoms with E-state index >= 15 is 4.39 Å². The van der Waals surface area contributed by atoms with E-state index in [2.05, 4.69) is 32.0 Å². The predicted octanol–water partition coefficient (Wildman–Crippen LogP) is 8.05. The highest BCUT2D eigenvalue weighted by atomic mass is 19.1. The molecule has 6 rings (SSSR count). The van der Waals surface area contributed by atoms with E-state index in [9.17, 15) is 9.90 Å². The van der Waals surface area contributed by atoms with E-state index in [-0.39, 0.29) is 22.6 Å². The second-order valence-electron chi connectivity index (χ2n) is 12.4. The van der Waals surface area contributed by atoms with E-state index in [4.69, 9.17) is 9.47 Å². The molecule has 2 fully saturated rings. The molecular weight excluding hydrogens is 491 g/mol. The van der Waals surface area contributed by atoms with Gasteiger partial charge in [0, 0.05) is 11.0 Å². The molecule has 1 spiro atoms. The Morgan fingerprint density at radius 1 is 1.00 bits per heavy atom. The lowest BCUT2D eigenvalue weighted by Gasteiger charge is -2.40. The van der Waals surface area contributed by atoms with E-state index in [1.807, 2.05) is 18.2 Å². The van der Waals surface area contributed by atoms with Crippen molar-refractivity contribution in [2.45, 2.75) is 76.7 Å². The molecule has 3 aliphatic rings. The standard InChI is InChI=1S/C34H37FO4/c1-33(2)14-5-4-6-28(33)26-16-21(7-11-25(26)27-17-23(38-3)10-12-31(27)35)20-39-24-9-8-22-13-15-34(29(22)18-24)19-30(34)32(36)37/h7-12,16-18,28,30H,4-6,13-15,19-20H2,1-3H3,(H,36,37). The summed E-state index contributed by atoms with van der Waals surface area (Å²) in [7, 11) is 1.61. The smallest absolute Gasteiger partial charge is 0.307 e. The van der Waals surface area contributed by atoms with Gasteiger partial charge in [-0.15, -0.1) is 0 Å². The molecule has 0 bridgehead atoms. The van der Waals surface area contributed by atoms with Crippen LogP contribution in [0.3, 0.4) is 0 Å². The zero-order valence-corrected chi connectivity index (χ0v) is 23.1. The minimum absolute atomic E-state index is 0.112. The van der Waals surface area contributed by atoms with Gasteiger partial charge in [-0.1, -0.05) is 51.0 Å². The van der Waals surface area contributed by atoms with Crippen LogP contribution in [0.4, 0.5) is 4.39 Å². The summed E-state index contributed by atoms with van der Waals surface area (Å²) in [5, 5.41) is 9.59. The van der Waals surface area contributed by atoms with Gasteiger partial charge in [-0.2, -0.15) is 0 Å². The van der Waals surface area contributed by atoms with Crippen molar-refractivity contribution in [2.75, 3.05) is 7.11 Å². The second kappa shape index (κ2) is 9.69. The van der Waals surface area contributed by atoms with Crippen LogP contribution >= 0.6 is 0 Å². The number of halogens is 1. The van der Waals surface area contributed by atoms with Gasteiger partial charge in [-0.05, 0) is 102 Å². The maximum Gasteiger partial charge on any atom is 0.307 e.